The molecule has 0 bridgehead atoms. The molecular weight excluding hydrogens is 234 g/mol. The maximum Gasteiger partial charge on any atom is 0.193 e. The van der Waals surface area contributed by atoms with E-state index in [1.807, 2.05) is 32.2 Å². The van der Waals surface area contributed by atoms with Gasteiger partial charge in [-0.3, -0.25) is 4.99 Å². The van der Waals surface area contributed by atoms with Gasteiger partial charge in [-0.15, -0.1) is 0 Å². The van der Waals surface area contributed by atoms with Crippen molar-refractivity contribution in [1.82, 2.24) is 10.2 Å². The van der Waals surface area contributed by atoms with Gasteiger partial charge in [0.05, 0.1) is 0 Å². The molecule has 1 aromatic rings. The SMILES string of the molecule is CCN=C(NCC)N(C)Cc1cccc(Cl)c1. The lowest BCUT2D eigenvalue weighted by Crippen LogP contribution is -2.38. The highest BCUT2D eigenvalue weighted by molar-refractivity contribution is 6.30. The van der Waals surface area contributed by atoms with Crippen molar-refractivity contribution in [3.05, 3.63) is 34.9 Å². The second-order valence-electron chi connectivity index (χ2n) is 3.81. The third kappa shape index (κ3) is 4.65. The number of guanidine groups is 1. The third-order valence-electron chi connectivity index (χ3n) is 2.31. The fourth-order valence-electron chi connectivity index (χ4n) is 1.60. The van der Waals surface area contributed by atoms with Gasteiger partial charge in [-0.25, -0.2) is 0 Å². The van der Waals surface area contributed by atoms with Gasteiger partial charge in [0.1, 0.15) is 0 Å². The zero-order valence-corrected chi connectivity index (χ0v) is 11.5. The van der Waals surface area contributed by atoms with Crippen LogP contribution in [0.4, 0.5) is 0 Å². The average molecular weight is 254 g/mol. The molecule has 0 aliphatic rings. The Bertz CT molecular complexity index is 377. The quantitative estimate of drug-likeness (QED) is 0.660. The van der Waals surface area contributed by atoms with Gasteiger partial charge in [-0.1, -0.05) is 23.7 Å². The molecule has 94 valence electrons. The third-order valence-corrected chi connectivity index (χ3v) is 2.55. The molecule has 0 unspecified atom stereocenters. The first kappa shape index (κ1) is 13.8. The van der Waals surface area contributed by atoms with Gasteiger partial charge in [0.15, 0.2) is 5.96 Å². The summed E-state index contributed by atoms with van der Waals surface area (Å²) in [6.07, 6.45) is 0. The Morgan fingerprint density at radius 1 is 1.41 bits per heavy atom. The van der Waals surface area contributed by atoms with Crippen LogP contribution >= 0.6 is 11.6 Å². The van der Waals surface area contributed by atoms with Crippen molar-refractivity contribution in [1.29, 1.82) is 0 Å². The van der Waals surface area contributed by atoms with E-state index >= 15 is 0 Å². The fourth-order valence-corrected chi connectivity index (χ4v) is 1.82. The Morgan fingerprint density at radius 2 is 2.18 bits per heavy atom. The topological polar surface area (TPSA) is 27.6 Å². The van der Waals surface area contributed by atoms with E-state index in [9.17, 15) is 0 Å². The van der Waals surface area contributed by atoms with Crippen LogP contribution in [0.15, 0.2) is 29.3 Å². The van der Waals surface area contributed by atoms with Crippen molar-refractivity contribution in [2.24, 2.45) is 4.99 Å². The number of benzene rings is 1. The molecule has 17 heavy (non-hydrogen) atoms. The minimum Gasteiger partial charge on any atom is -0.357 e. The summed E-state index contributed by atoms with van der Waals surface area (Å²) in [7, 11) is 2.03. The minimum absolute atomic E-state index is 0.772. The summed E-state index contributed by atoms with van der Waals surface area (Å²) in [5, 5.41) is 4.03. The molecule has 0 fully saturated rings. The second kappa shape index (κ2) is 7.17. The van der Waals surface area contributed by atoms with E-state index in [0.717, 1.165) is 30.6 Å². The molecule has 0 atom stereocenters. The monoisotopic (exact) mass is 253 g/mol. The van der Waals surface area contributed by atoms with Crippen LogP contribution in [0.25, 0.3) is 0 Å². The standard InChI is InChI=1S/C13H20ClN3/c1-4-15-13(16-5-2)17(3)10-11-7-6-8-12(14)9-11/h6-9H,4-5,10H2,1-3H3,(H,15,16). The van der Waals surface area contributed by atoms with Crippen molar-refractivity contribution < 1.29 is 0 Å². The summed E-state index contributed by atoms with van der Waals surface area (Å²) in [5.41, 5.74) is 1.18. The van der Waals surface area contributed by atoms with Gasteiger partial charge in [0.25, 0.3) is 0 Å². The summed E-state index contributed by atoms with van der Waals surface area (Å²) >= 11 is 5.97. The lowest BCUT2D eigenvalue weighted by molar-refractivity contribution is 0.477. The van der Waals surface area contributed by atoms with E-state index in [0.29, 0.717) is 0 Å². The maximum absolute atomic E-state index is 5.97. The van der Waals surface area contributed by atoms with Crippen molar-refractivity contribution in [3.63, 3.8) is 0 Å². The van der Waals surface area contributed by atoms with E-state index in [1.165, 1.54) is 5.56 Å². The molecule has 0 heterocycles. The number of rotatable bonds is 4. The summed E-state index contributed by atoms with van der Waals surface area (Å²) in [4.78, 5) is 6.53. The molecule has 0 aromatic heterocycles. The van der Waals surface area contributed by atoms with Gasteiger partial charge in [0, 0.05) is 31.7 Å². The van der Waals surface area contributed by atoms with E-state index in [4.69, 9.17) is 11.6 Å². The van der Waals surface area contributed by atoms with Crippen LogP contribution in [0, 0.1) is 0 Å². The summed E-state index contributed by atoms with van der Waals surface area (Å²) in [6, 6.07) is 7.90. The van der Waals surface area contributed by atoms with Crippen molar-refractivity contribution in [3.8, 4) is 0 Å². The smallest absolute Gasteiger partial charge is 0.193 e. The first-order valence-electron chi connectivity index (χ1n) is 5.91. The van der Waals surface area contributed by atoms with Crippen LogP contribution in [-0.2, 0) is 6.54 Å². The molecule has 0 aliphatic heterocycles. The van der Waals surface area contributed by atoms with E-state index in [2.05, 4.69) is 28.2 Å². The van der Waals surface area contributed by atoms with Crippen LogP contribution in [0.1, 0.15) is 19.4 Å². The van der Waals surface area contributed by atoms with Gasteiger partial charge in [-0.2, -0.15) is 0 Å². The van der Waals surface area contributed by atoms with Crippen molar-refractivity contribution >= 4 is 17.6 Å². The van der Waals surface area contributed by atoms with E-state index in [-0.39, 0.29) is 0 Å². The molecule has 3 nitrogen and oxygen atoms in total. The van der Waals surface area contributed by atoms with Gasteiger partial charge in [-0.05, 0) is 31.5 Å². The first-order chi connectivity index (χ1) is 8.17. The molecule has 1 rings (SSSR count). The van der Waals surface area contributed by atoms with Crippen LogP contribution in [-0.4, -0.2) is 31.0 Å². The van der Waals surface area contributed by atoms with E-state index < -0.39 is 0 Å². The Balaban J connectivity index is 2.69. The summed E-state index contributed by atoms with van der Waals surface area (Å²) in [5.74, 6) is 0.926. The first-order valence-corrected chi connectivity index (χ1v) is 6.29. The molecule has 0 aliphatic carbocycles. The predicted molar refractivity (Wildman–Crippen MR) is 74.6 cm³/mol. The largest absolute Gasteiger partial charge is 0.357 e. The Morgan fingerprint density at radius 3 is 2.76 bits per heavy atom. The van der Waals surface area contributed by atoms with Crippen molar-refractivity contribution in [2.45, 2.75) is 20.4 Å². The Kier molecular flexibility index (Phi) is 5.84. The zero-order chi connectivity index (χ0) is 12.7. The molecule has 0 amide bonds. The highest BCUT2D eigenvalue weighted by Gasteiger charge is 2.05. The van der Waals surface area contributed by atoms with Crippen LogP contribution in [0.3, 0.4) is 0 Å². The van der Waals surface area contributed by atoms with Gasteiger partial charge >= 0.3 is 0 Å². The van der Waals surface area contributed by atoms with Crippen molar-refractivity contribution in [2.75, 3.05) is 20.1 Å². The average Bonchev–Trinajstić information content (AvgIpc) is 2.28. The van der Waals surface area contributed by atoms with Crippen LogP contribution < -0.4 is 5.32 Å². The fraction of sp³-hybridized carbons (Fsp3) is 0.462. The lowest BCUT2D eigenvalue weighted by atomic mass is 10.2. The predicted octanol–water partition coefficient (Wildman–Crippen LogP) is 2.76. The summed E-state index contributed by atoms with van der Waals surface area (Å²) in [6.45, 7) is 6.55. The normalized spacial score (nSPS) is 11.4. The molecule has 1 N–H and O–H groups in total. The lowest BCUT2D eigenvalue weighted by Gasteiger charge is -2.22. The number of halogens is 1. The van der Waals surface area contributed by atoms with Crippen LogP contribution in [0.2, 0.25) is 5.02 Å². The Labute approximate surface area is 108 Å². The minimum atomic E-state index is 0.772. The summed E-state index contributed by atoms with van der Waals surface area (Å²) < 4.78 is 0. The van der Waals surface area contributed by atoms with E-state index in [1.54, 1.807) is 0 Å². The molecule has 0 spiro atoms. The molecule has 4 heteroatoms. The maximum atomic E-state index is 5.97. The number of nitrogens with one attached hydrogen (secondary N) is 1. The highest BCUT2D eigenvalue weighted by atomic mass is 35.5. The second-order valence-corrected chi connectivity index (χ2v) is 4.25. The molecular formula is C13H20ClN3. The number of hydrogen-bond acceptors (Lipinski definition) is 1. The zero-order valence-electron chi connectivity index (χ0n) is 10.7. The van der Waals surface area contributed by atoms with Crippen LogP contribution in [0.5, 0.6) is 0 Å². The van der Waals surface area contributed by atoms with Gasteiger partial charge < -0.3 is 10.2 Å². The molecule has 0 radical (unpaired) electrons. The highest BCUT2D eigenvalue weighted by Crippen LogP contribution is 2.12. The molecule has 1 aromatic carbocycles. The molecule has 0 saturated heterocycles. The molecule has 0 saturated carbocycles. The van der Waals surface area contributed by atoms with Gasteiger partial charge in [0.2, 0.25) is 0 Å². The number of hydrogen-bond donors (Lipinski definition) is 1. The Hall–Kier alpha value is -1.22. The number of nitrogens with zero attached hydrogens (tertiary/aromatic N) is 2. The number of aliphatic imine (C=N–C) groups is 1.